The molecular formula is C40H46F4. The molecule has 0 N–H and O–H groups in total. The van der Waals surface area contributed by atoms with E-state index in [2.05, 4.69) is 13.0 Å². The summed E-state index contributed by atoms with van der Waals surface area (Å²) in [6, 6.07) is 13.0. The van der Waals surface area contributed by atoms with E-state index >= 15 is 8.78 Å². The SMILES string of the molecule is CCC=CCc1ccc(-c2ccc(-c3ccc(C4=CCC(C5CCC(CCCCC)CC5)CC4)c(F)c3F)cc2)c(F)c1F. The number of halogens is 4. The van der Waals surface area contributed by atoms with Crippen molar-refractivity contribution in [3.8, 4) is 22.3 Å². The Morgan fingerprint density at radius 2 is 1.25 bits per heavy atom. The standard InChI is InChI=1S/C40H46F4/c1-3-5-7-9-27-11-13-28(14-12-27)29-15-17-30(18-16-29)35-25-26-36(40(44)39(35)43)32-21-19-31(20-22-32)34-24-23-33(10-8-6-4-2)37(41)38(34)42/h6,8,17,19-29H,3-5,7,9-16,18H2,1-2H3. The van der Waals surface area contributed by atoms with Crippen molar-refractivity contribution in [2.24, 2.45) is 17.8 Å². The Balaban J connectivity index is 1.24. The monoisotopic (exact) mass is 602 g/mol. The zero-order valence-corrected chi connectivity index (χ0v) is 26.3. The van der Waals surface area contributed by atoms with E-state index in [1.165, 1.54) is 51.4 Å². The molecule has 5 rings (SSSR count). The summed E-state index contributed by atoms with van der Waals surface area (Å²) < 4.78 is 60.4. The number of hydrogen-bond donors (Lipinski definition) is 0. The molecule has 0 saturated heterocycles. The Bertz CT molecular complexity index is 1460. The first-order valence-corrected chi connectivity index (χ1v) is 16.8. The third kappa shape index (κ3) is 7.38. The maximum absolute atomic E-state index is 15.4. The smallest absolute Gasteiger partial charge is 0.167 e. The predicted molar refractivity (Wildman–Crippen MR) is 175 cm³/mol. The van der Waals surface area contributed by atoms with Crippen LogP contribution >= 0.6 is 0 Å². The Kier molecular flexibility index (Phi) is 11.2. The van der Waals surface area contributed by atoms with Gasteiger partial charge in [-0.05, 0) is 85.0 Å². The average Bonchev–Trinajstić information content (AvgIpc) is 3.05. The lowest BCUT2D eigenvalue weighted by Gasteiger charge is -2.35. The summed E-state index contributed by atoms with van der Waals surface area (Å²) in [7, 11) is 0. The second kappa shape index (κ2) is 15.2. The topological polar surface area (TPSA) is 0 Å². The summed E-state index contributed by atoms with van der Waals surface area (Å²) >= 11 is 0. The number of rotatable bonds is 11. The Morgan fingerprint density at radius 3 is 1.86 bits per heavy atom. The van der Waals surface area contributed by atoms with Gasteiger partial charge in [0.2, 0.25) is 0 Å². The van der Waals surface area contributed by atoms with Crippen LogP contribution in [0, 0.1) is 41.0 Å². The van der Waals surface area contributed by atoms with Crippen molar-refractivity contribution >= 4 is 5.57 Å². The van der Waals surface area contributed by atoms with Gasteiger partial charge in [0.25, 0.3) is 0 Å². The van der Waals surface area contributed by atoms with Crippen LogP contribution in [0.25, 0.3) is 27.8 Å². The van der Waals surface area contributed by atoms with Gasteiger partial charge < -0.3 is 0 Å². The first-order chi connectivity index (χ1) is 21.4. The lowest BCUT2D eigenvalue weighted by atomic mass is 9.70. The highest BCUT2D eigenvalue weighted by molar-refractivity contribution is 5.74. The van der Waals surface area contributed by atoms with E-state index < -0.39 is 23.3 Å². The van der Waals surface area contributed by atoms with Crippen LogP contribution in [0.2, 0.25) is 0 Å². The first-order valence-electron chi connectivity index (χ1n) is 16.8. The third-order valence-electron chi connectivity index (χ3n) is 10.1. The van der Waals surface area contributed by atoms with Gasteiger partial charge in [-0.15, -0.1) is 0 Å². The van der Waals surface area contributed by atoms with Crippen molar-refractivity contribution in [2.45, 2.75) is 97.3 Å². The molecule has 3 aromatic rings. The normalized spacial score (nSPS) is 20.7. The number of benzene rings is 3. The average molecular weight is 603 g/mol. The highest BCUT2D eigenvalue weighted by Crippen LogP contribution is 2.43. The van der Waals surface area contributed by atoms with Crippen LogP contribution in [0.15, 0.2) is 66.8 Å². The van der Waals surface area contributed by atoms with Gasteiger partial charge in [0, 0.05) is 16.7 Å². The molecule has 0 nitrogen and oxygen atoms in total. The molecule has 3 aromatic carbocycles. The second-order valence-electron chi connectivity index (χ2n) is 12.9. The summed E-state index contributed by atoms with van der Waals surface area (Å²) in [4.78, 5) is 0. The van der Waals surface area contributed by atoms with Crippen LogP contribution < -0.4 is 0 Å². The van der Waals surface area contributed by atoms with Crippen LogP contribution in [0.3, 0.4) is 0 Å². The molecule has 44 heavy (non-hydrogen) atoms. The van der Waals surface area contributed by atoms with Gasteiger partial charge in [-0.3, -0.25) is 0 Å². The minimum Gasteiger partial charge on any atom is -0.203 e. The van der Waals surface area contributed by atoms with Crippen molar-refractivity contribution in [1.82, 2.24) is 0 Å². The molecule has 0 heterocycles. The fourth-order valence-electron chi connectivity index (χ4n) is 7.36. The highest BCUT2D eigenvalue weighted by Gasteiger charge is 2.29. The van der Waals surface area contributed by atoms with E-state index in [-0.39, 0.29) is 11.1 Å². The van der Waals surface area contributed by atoms with Gasteiger partial charge >= 0.3 is 0 Å². The Hall–Kier alpha value is -3.14. The zero-order valence-electron chi connectivity index (χ0n) is 26.3. The quantitative estimate of drug-likeness (QED) is 0.116. The molecular weight excluding hydrogens is 556 g/mol. The summed E-state index contributed by atoms with van der Waals surface area (Å²) in [5, 5.41) is 0. The van der Waals surface area contributed by atoms with Gasteiger partial charge in [0.1, 0.15) is 0 Å². The second-order valence-corrected chi connectivity index (χ2v) is 12.9. The third-order valence-corrected chi connectivity index (χ3v) is 10.1. The molecule has 0 aliphatic heterocycles. The lowest BCUT2D eigenvalue weighted by molar-refractivity contribution is 0.187. The summed E-state index contributed by atoms with van der Waals surface area (Å²) in [6.07, 6.45) is 20.5. The molecule has 1 fully saturated rings. The molecule has 0 spiro atoms. The van der Waals surface area contributed by atoms with E-state index in [4.69, 9.17) is 0 Å². The predicted octanol–water partition coefficient (Wildman–Crippen LogP) is 12.7. The fourth-order valence-corrected chi connectivity index (χ4v) is 7.36. The van der Waals surface area contributed by atoms with E-state index in [0.717, 1.165) is 43.1 Å². The molecule has 4 heteroatoms. The van der Waals surface area contributed by atoms with Crippen molar-refractivity contribution in [3.63, 3.8) is 0 Å². The maximum atomic E-state index is 15.4. The molecule has 1 saturated carbocycles. The lowest BCUT2D eigenvalue weighted by Crippen LogP contribution is -2.23. The van der Waals surface area contributed by atoms with Gasteiger partial charge in [-0.1, -0.05) is 119 Å². The Morgan fingerprint density at radius 1 is 0.636 bits per heavy atom. The summed E-state index contributed by atoms with van der Waals surface area (Å²) in [5.74, 6) is -1.15. The highest BCUT2D eigenvalue weighted by atomic mass is 19.2. The van der Waals surface area contributed by atoms with Gasteiger partial charge in [0.15, 0.2) is 23.3 Å². The molecule has 0 bridgehead atoms. The van der Waals surface area contributed by atoms with Crippen molar-refractivity contribution in [1.29, 1.82) is 0 Å². The largest absolute Gasteiger partial charge is 0.203 e. The van der Waals surface area contributed by atoms with E-state index in [1.807, 2.05) is 19.1 Å². The minimum atomic E-state index is -0.903. The first kappa shape index (κ1) is 32.3. The van der Waals surface area contributed by atoms with Gasteiger partial charge in [-0.25, -0.2) is 17.6 Å². The molecule has 0 aromatic heterocycles. The minimum absolute atomic E-state index is 0.141. The molecule has 2 aliphatic rings. The van der Waals surface area contributed by atoms with Crippen LogP contribution in [-0.4, -0.2) is 0 Å². The summed E-state index contributed by atoms with van der Waals surface area (Å²) in [6.45, 7) is 4.25. The summed E-state index contributed by atoms with van der Waals surface area (Å²) in [5.41, 5.74) is 2.82. The van der Waals surface area contributed by atoms with E-state index in [1.54, 1.807) is 48.5 Å². The van der Waals surface area contributed by atoms with Crippen LogP contribution in [0.4, 0.5) is 17.6 Å². The van der Waals surface area contributed by atoms with Crippen LogP contribution in [-0.2, 0) is 6.42 Å². The van der Waals surface area contributed by atoms with Crippen molar-refractivity contribution in [3.05, 3.63) is 101 Å². The number of hydrogen-bond acceptors (Lipinski definition) is 0. The number of allylic oxidation sites excluding steroid dienone is 4. The zero-order chi connectivity index (χ0) is 31.1. The van der Waals surface area contributed by atoms with E-state index in [9.17, 15) is 8.78 Å². The van der Waals surface area contributed by atoms with Gasteiger partial charge in [-0.2, -0.15) is 0 Å². The van der Waals surface area contributed by atoms with E-state index in [0.29, 0.717) is 34.6 Å². The fraction of sp³-hybridized carbons (Fsp3) is 0.450. The van der Waals surface area contributed by atoms with Crippen molar-refractivity contribution in [2.75, 3.05) is 0 Å². The van der Waals surface area contributed by atoms with Gasteiger partial charge in [0.05, 0.1) is 0 Å². The molecule has 234 valence electrons. The van der Waals surface area contributed by atoms with Crippen LogP contribution in [0.1, 0.15) is 102 Å². The molecule has 1 atom stereocenters. The number of unbranched alkanes of at least 4 members (excludes halogenated alkanes) is 2. The Labute approximate surface area is 261 Å². The maximum Gasteiger partial charge on any atom is 0.167 e. The molecule has 0 radical (unpaired) electrons. The van der Waals surface area contributed by atoms with Crippen molar-refractivity contribution < 1.29 is 17.6 Å². The molecule has 2 aliphatic carbocycles. The van der Waals surface area contributed by atoms with Crippen LogP contribution in [0.5, 0.6) is 0 Å². The molecule has 0 amide bonds. The molecule has 1 unspecified atom stereocenters.